The number of carbonyl (C=O) groups excluding carboxylic acids is 1. The third-order valence-electron chi connectivity index (χ3n) is 1.99. The Labute approximate surface area is 117 Å². The van der Waals surface area contributed by atoms with Crippen LogP contribution in [0.4, 0.5) is 10.5 Å². The summed E-state index contributed by atoms with van der Waals surface area (Å²) in [4.78, 5) is 10.9. The molecule has 0 radical (unpaired) electrons. The number of aliphatic hydroxyl groups excluding tert-OH is 1. The highest BCUT2D eigenvalue weighted by Crippen LogP contribution is 2.11. The van der Waals surface area contributed by atoms with Crippen LogP contribution in [0.15, 0.2) is 24.3 Å². The minimum Gasteiger partial charge on any atom is -0.452 e. The molecule has 0 fully saturated rings. The zero-order chi connectivity index (χ0) is 15.0. The van der Waals surface area contributed by atoms with Crippen LogP contribution in [0.3, 0.4) is 0 Å². The van der Waals surface area contributed by atoms with Gasteiger partial charge in [-0.15, -0.1) is 0 Å². The Balaban J connectivity index is 2.81. The molecule has 8 heteroatoms. The number of amides is 1. The van der Waals surface area contributed by atoms with E-state index in [0.717, 1.165) is 7.11 Å². The van der Waals surface area contributed by atoms with Gasteiger partial charge in [-0.2, -0.15) is 8.42 Å². The molecule has 1 aromatic rings. The van der Waals surface area contributed by atoms with Crippen molar-refractivity contribution >= 4 is 22.0 Å². The number of rotatable bonds is 4. The standard InChI is InChI=1S/C12H14N2O5S/c1-19-12(16)14-20(17,18)13-11-7-4-6-10(9-11)5-2-3-8-15/h4,6-7,9,13,15H,3,8H2,1H3,(H,14,16). The molecule has 0 bridgehead atoms. The number of aliphatic hydroxyl groups is 1. The first-order chi connectivity index (χ1) is 9.46. The van der Waals surface area contributed by atoms with E-state index in [0.29, 0.717) is 12.0 Å². The maximum atomic E-state index is 11.5. The lowest BCUT2D eigenvalue weighted by molar-refractivity contribution is 0.177. The van der Waals surface area contributed by atoms with Crippen molar-refractivity contribution in [1.82, 2.24) is 4.72 Å². The monoisotopic (exact) mass is 298 g/mol. The van der Waals surface area contributed by atoms with Gasteiger partial charge in [0.15, 0.2) is 0 Å². The van der Waals surface area contributed by atoms with Crippen LogP contribution in [0.1, 0.15) is 12.0 Å². The van der Waals surface area contributed by atoms with Gasteiger partial charge in [-0.25, -0.2) is 9.52 Å². The summed E-state index contributed by atoms with van der Waals surface area (Å²) < 4.78 is 31.1. The van der Waals surface area contributed by atoms with Gasteiger partial charge in [0.05, 0.1) is 19.4 Å². The number of ether oxygens (including phenoxy) is 1. The van der Waals surface area contributed by atoms with Crippen molar-refractivity contribution in [2.75, 3.05) is 18.4 Å². The summed E-state index contributed by atoms with van der Waals surface area (Å²) >= 11 is 0. The molecule has 0 heterocycles. The SMILES string of the molecule is COC(=O)NS(=O)(=O)Nc1cccc(C#CCCO)c1. The number of benzene rings is 1. The lowest BCUT2D eigenvalue weighted by Gasteiger charge is -2.08. The van der Waals surface area contributed by atoms with Crippen LogP contribution in [0.5, 0.6) is 0 Å². The molecule has 0 aromatic heterocycles. The van der Waals surface area contributed by atoms with E-state index in [1.54, 1.807) is 16.9 Å². The van der Waals surface area contributed by atoms with Crippen LogP contribution in [-0.2, 0) is 14.9 Å². The highest BCUT2D eigenvalue weighted by Gasteiger charge is 2.14. The summed E-state index contributed by atoms with van der Waals surface area (Å²) in [5.74, 6) is 5.48. The second-order valence-electron chi connectivity index (χ2n) is 3.56. The third kappa shape index (κ3) is 5.60. The van der Waals surface area contributed by atoms with Gasteiger partial charge in [-0.1, -0.05) is 17.9 Å². The molecule has 0 saturated heterocycles. The summed E-state index contributed by atoms with van der Waals surface area (Å²) in [7, 11) is -2.99. The van der Waals surface area contributed by atoms with Crippen LogP contribution in [-0.4, -0.2) is 33.3 Å². The molecule has 1 aromatic carbocycles. The summed E-state index contributed by atoms with van der Waals surface area (Å²) in [6, 6.07) is 6.31. The Kier molecular flexibility index (Phi) is 5.83. The molecule has 3 N–H and O–H groups in total. The number of methoxy groups -OCH3 is 1. The van der Waals surface area contributed by atoms with Crippen molar-refractivity contribution in [2.45, 2.75) is 6.42 Å². The first-order valence-electron chi connectivity index (χ1n) is 5.55. The van der Waals surface area contributed by atoms with Gasteiger partial charge >= 0.3 is 16.3 Å². The van der Waals surface area contributed by atoms with Gasteiger partial charge in [-0.3, -0.25) is 4.72 Å². The third-order valence-corrected chi connectivity index (χ3v) is 2.93. The molecule has 0 unspecified atom stereocenters. The Bertz CT molecular complexity index is 631. The van der Waals surface area contributed by atoms with E-state index in [9.17, 15) is 13.2 Å². The number of anilines is 1. The summed E-state index contributed by atoms with van der Waals surface area (Å²) in [6.07, 6.45) is -0.753. The smallest absolute Gasteiger partial charge is 0.422 e. The Morgan fingerprint density at radius 1 is 1.45 bits per heavy atom. The first kappa shape index (κ1) is 15.8. The Morgan fingerprint density at radius 2 is 2.20 bits per heavy atom. The number of carbonyl (C=O) groups is 1. The summed E-state index contributed by atoms with van der Waals surface area (Å²) in [6.45, 7) is -0.0393. The molecule has 0 aliphatic heterocycles. The molecule has 0 saturated carbocycles. The predicted molar refractivity (Wildman–Crippen MR) is 73.1 cm³/mol. The Hall–Kier alpha value is -2.24. The van der Waals surface area contributed by atoms with Crippen molar-refractivity contribution in [3.05, 3.63) is 29.8 Å². The lowest BCUT2D eigenvalue weighted by Crippen LogP contribution is -2.35. The normalized spacial score (nSPS) is 10.1. The summed E-state index contributed by atoms with van der Waals surface area (Å²) in [5, 5.41) is 8.61. The van der Waals surface area contributed by atoms with Crippen LogP contribution in [0, 0.1) is 11.8 Å². The van der Waals surface area contributed by atoms with E-state index in [1.165, 1.54) is 12.1 Å². The molecule has 0 aliphatic rings. The number of hydrogen-bond acceptors (Lipinski definition) is 5. The molecule has 1 amide bonds. The zero-order valence-corrected chi connectivity index (χ0v) is 11.5. The molecule has 0 spiro atoms. The van der Waals surface area contributed by atoms with Crippen molar-refractivity contribution in [3.63, 3.8) is 0 Å². The van der Waals surface area contributed by atoms with Gasteiger partial charge in [0.1, 0.15) is 0 Å². The first-order valence-corrected chi connectivity index (χ1v) is 7.03. The second kappa shape index (κ2) is 7.37. The molecule has 7 nitrogen and oxygen atoms in total. The van der Waals surface area contributed by atoms with Crippen molar-refractivity contribution in [3.8, 4) is 11.8 Å². The maximum absolute atomic E-state index is 11.5. The largest absolute Gasteiger partial charge is 0.452 e. The van der Waals surface area contributed by atoms with Crippen molar-refractivity contribution in [2.24, 2.45) is 0 Å². The van der Waals surface area contributed by atoms with E-state index in [4.69, 9.17) is 5.11 Å². The van der Waals surface area contributed by atoms with Gasteiger partial charge in [0.25, 0.3) is 0 Å². The predicted octanol–water partition coefficient (Wildman–Crippen LogP) is 0.433. The fourth-order valence-electron chi connectivity index (χ4n) is 1.21. The molecule has 1 rings (SSSR count). The van der Waals surface area contributed by atoms with Gasteiger partial charge in [0.2, 0.25) is 0 Å². The van der Waals surface area contributed by atoms with Crippen molar-refractivity contribution < 1.29 is 23.1 Å². The zero-order valence-electron chi connectivity index (χ0n) is 10.7. The molecule has 20 heavy (non-hydrogen) atoms. The second-order valence-corrected chi connectivity index (χ2v) is 4.97. The van der Waals surface area contributed by atoms with E-state index in [1.807, 2.05) is 0 Å². The number of nitrogens with one attached hydrogen (secondary N) is 2. The Morgan fingerprint density at radius 3 is 2.85 bits per heavy atom. The average Bonchev–Trinajstić information content (AvgIpc) is 2.38. The van der Waals surface area contributed by atoms with Crippen LogP contribution >= 0.6 is 0 Å². The topological polar surface area (TPSA) is 105 Å². The fraction of sp³-hybridized carbons (Fsp3) is 0.250. The quantitative estimate of drug-likeness (QED) is 0.699. The minimum atomic E-state index is -4.05. The molecule has 0 atom stereocenters. The van der Waals surface area contributed by atoms with E-state index >= 15 is 0 Å². The highest BCUT2D eigenvalue weighted by molar-refractivity contribution is 7.91. The maximum Gasteiger partial charge on any atom is 0.422 e. The van der Waals surface area contributed by atoms with Crippen molar-refractivity contribution in [1.29, 1.82) is 0 Å². The van der Waals surface area contributed by atoms with Crippen LogP contribution in [0.2, 0.25) is 0 Å². The van der Waals surface area contributed by atoms with Gasteiger partial charge in [-0.05, 0) is 18.2 Å². The van der Waals surface area contributed by atoms with Crippen LogP contribution in [0.25, 0.3) is 0 Å². The molecule has 108 valence electrons. The van der Waals surface area contributed by atoms with E-state index in [2.05, 4.69) is 21.3 Å². The van der Waals surface area contributed by atoms with Gasteiger partial charge < -0.3 is 9.84 Å². The van der Waals surface area contributed by atoms with Crippen LogP contribution < -0.4 is 9.44 Å². The molecular formula is C12H14N2O5S. The molecule has 0 aliphatic carbocycles. The fourth-order valence-corrected chi connectivity index (χ4v) is 2.00. The van der Waals surface area contributed by atoms with Gasteiger partial charge in [0, 0.05) is 12.0 Å². The average molecular weight is 298 g/mol. The van der Waals surface area contributed by atoms with E-state index < -0.39 is 16.3 Å². The number of hydrogen-bond donors (Lipinski definition) is 3. The lowest BCUT2D eigenvalue weighted by atomic mass is 10.2. The van der Waals surface area contributed by atoms with E-state index in [-0.39, 0.29) is 12.3 Å². The molecular weight excluding hydrogens is 284 g/mol. The minimum absolute atomic E-state index is 0.0393. The highest BCUT2D eigenvalue weighted by atomic mass is 32.2. The summed E-state index contributed by atoms with van der Waals surface area (Å²) in [5.41, 5.74) is 0.828.